The summed E-state index contributed by atoms with van der Waals surface area (Å²) in [6, 6.07) is 3.00. The third-order valence-electron chi connectivity index (χ3n) is 2.89. The van der Waals surface area contributed by atoms with Gasteiger partial charge in [-0.05, 0) is 34.0 Å². The second-order valence-electron chi connectivity index (χ2n) is 4.90. The molecule has 1 aromatic heterocycles. The molecular weight excluding hydrogens is 407 g/mol. The van der Waals surface area contributed by atoms with Gasteiger partial charge in [-0.1, -0.05) is 37.0 Å². The Hall–Kier alpha value is -1.41. The fourth-order valence-corrected chi connectivity index (χ4v) is 2.99. The minimum Gasteiger partial charge on any atom is -0.421 e. The van der Waals surface area contributed by atoms with Crippen molar-refractivity contribution in [1.82, 2.24) is 15.4 Å². The van der Waals surface area contributed by atoms with Crippen molar-refractivity contribution in [2.24, 2.45) is 0 Å². The summed E-state index contributed by atoms with van der Waals surface area (Å²) in [4.78, 5) is 8.41. The Morgan fingerprint density at radius 2 is 1.96 bits per heavy atom. The van der Waals surface area contributed by atoms with Gasteiger partial charge in [0, 0.05) is 11.8 Å². The average molecular weight is 420 g/mol. The van der Waals surface area contributed by atoms with Gasteiger partial charge in [0.15, 0.2) is 5.75 Å². The number of nitrogens with zero attached hydrogens (tertiary/aromatic N) is 2. The van der Waals surface area contributed by atoms with E-state index in [-0.39, 0.29) is 33.6 Å². The van der Waals surface area contributed by atoms with Crippen LogP contribution in [0.15, 0.2) is 22.8 Å². The van der Waals surface area contributed by atoms with Gasteiger partial charge in [0.1, 0.15) is 5.84 Å². The predicted octanol–water partition coefficient (Wildman–Crippen LogP) is 4.77. The third-order valence-corrected chi connectivity index (χ3v) is 4.06. The summed E-state index contributed by atoms with van der Waals surface area (Å²) < 4.78 is 6.38. The zero-order chi connectivity index (χ0) is 17.1. The summed E-state index contributed by atoms with van der Waals surface area (Å²) in [6.45, 7) is 4.00. The molecule has 0 bridgehead atoms. The lowest BCUT2D eigenvalue weighted by molar-refractivity contribution is 0.234. The molecule has 2 rings (SSSR count). The van der Waals surface area contributed by atoms with Crippen LogP contribution in [0, 0.1) is 5.41 Å². The van der Waals surface area contributed by atoms with Crippen molar-refractivity contribution >= 4 is 45.0 Å². The molecule has 0 amide bonds. The highest BCUT2D eigenvalue weighted by molar-refractivity contribution is 9.10. The van der Waals surface area contributed by atoms with Gasteiger partial charge in [-0.25, -0.2) is 4.98 Å². The lowest BCUT2D eigenvalue weighted by Gasteiger charge is -2.12. The van der Waals surface area contributed by atoms with Crippen molar-refractivity contribution in [1.29, 1.82) is 5.41 Å². The maximum atomic E-state index is 8.77. The van der Waals surface area contributed by atoms with Gasteiger partial charge in [0.25, 0.3) is 0 Å². The van der Waals surface area contributed by atoms with Crippen LogP contribution < -0.4 is 10.2 Å². The summed E-state index contributed by atoms with van der Waals surface area (Å²) in [5, 5.41) is 16.6. The third kappa shape index (κ3) is 4.11. The maximum Gasteiger partial charge on any atom is 0.322 e. The fraction of sp³-hybridized carbons (Fsp3) is 0.214. The Labute approximate surface area is 151 Å². The minimum absolute atomic E-state index is 0.115. The molecule has 0 atom stereocenters. The SMILES string of the molecule is CC(C)c1nc(Oc2c(Cl)cc(C(=N)NO)cc2Cl)ncc1Br. The Bertz CT molecular complexity index is 733. The molecule has 0 saturated carbocycles. The Balaban J connectivity index is 2.37. The van der Waals surface area contributed by atoms with Gasteiger partial charge in [0.2, 0.25) is 0 Å². The standard InChI is InChI=1S/C14H13BrCl2N4O2/c1-6(2)11-8(15)5-19-14(20-11)23-12-9(16)3-7(4-10(12)17)13(18)21-22/h3-6,22H,1-2H3,(H2,18,21). The number of amidine groups is 1. The number of nitrogens with one attached hydrogen (secondary N) is 2. The molecule has 1 heterocycles. The number of hydrogen-bond acceptors (Lipinski definition) is 5. The van der Waals surface area contributed by atoms with E-state index in [0.717, 1.165) is 10.2 Å². The topological polar surface area (TPSA) is 91.1 Å². The van der Waals surface area contributed by atoms with Gasteiger partial charge < -0.3 is 4.74 Å². The smallest absolute Gasteiger partial charge is 0.322 e. The van der Waals surface area contributed by atoms with Gasteiger partial charge in [-0.15, -0.1) is 0 Å². The average Bonchev–Trinajstić information content (AvgIpc) is 2.51. The highest BCUT2D eigenvalue weighted by atomic mass is 79.9. The number of hydrogen-bond donors (Lipinski definition) is 3. The maximum absolute atomic E-state index is 8.77. The number of benzene rings is 1. The molecule has 2 aromatic rings. The van der Waals surface area contributed by atoms with Crippen LogP contribution in [0.2, 0.25) is 10.0 Å². The second-order valence-corrected chi connectivity index (χ2v) is 6.57. The van der Waals surface area contributed by atoms with Crippen molar-refractivity contribution in [2.45, 2.75) is 19.8 Å². The number of halogens is 3. The zero-order valence-electron chi connectivity index (χ0n) is 12.2. The zero-order valence-corrected chi connectivity index (χ0v) is 15.3. The van der Waals surface area contributed by atoms with E-state index < -0.39 is 0 Å². The van der Waals surface area contributed by atoms with E-state index >= 15 is 0 Å². The molecule has 6 nitrogen and oxygen atoms in total. The van der Waals surface area contributed by atoms with Crippen LogP contribution in [0.25, 0.3) is 0 Å². The lowest BCUT2D eigenvalue weighted by atomic mass is 10.1. The minimum atomic E-state index is -0.234. The molecule has 122 valence electrons. The Morgan fingerprint density at radius 3 is 2.48 bits per heavy atom. The van der Waals surface area contributed by atoms with Crippen LogP contribution >= 0.6 is 39.1 Å². The van der Waals surface area contributed by atoms with Gasteiger partial charge in [-0.2, -0.15) is 4.98 Å². The number of aromatic nitrogens is 2. The fourth-order valence-electron chi connectivity index (χ4n) is 1.77. The van der Waals surface area contributed by atoms with E-state index in [1.165, 1.54) is 12.1 Å². The van der Waals surface area contributed by atoms with Gasteiger partial charge >= 0.3 is 6.01 Å². The van der Waals surface area contributed by atoms with Crippen molar-refractivity contribution in [2.75, 3.05) is 0 Å². The molecule has 1 aromatic carbocycles. The molecule has 0 saturated heterocycles. The largest absolute Gasteiger partial charge is 0.421 e. The molecule has 3 N–H and O–H groups in total. The van der Waals surface area contributed by atoms with E-state index in [0.29, 0.717) is 5.56 Å². The lowest BCUT2D eigenvalue weighted by Crippen LogP contribution is -2.18. The van der Waals surface area contributed by atoms with E-state index in [2.05, 4.69) is 25.9 Å². The highest BCUT2D eigenvalue weighted by Crippen LogP contribution is 2.37. The molecule has 0 aliphatic carbocycles. The summed E-state index contributed by atoms with van der Waals surface area (Å²) in [7, 11) is 0. The molecule has 0 aliphatic heterocycles. The van der Waals surface area contributed by atoms with Gasteiger partial charge in [0.05, 0.1) is 20.2 Å². The molecule has 0 fully saturated rings. The van der Waals surface area contributed by atoms with Crippen LogP contribution in [0.5, 0.6) is 11.8 Å². The van der Waals surface area contributed by atoms with Crippen LogP contribution in [0.1, 0.15) is 31.0 Å². The quantitative estimate of drug-likeness (QED) is 0.377. The second kappa shape index (κ2) is 7.44. The Morgan fingerprint density at radius 1 is 1.35 bits per heavy atom. The molecule has 0 unspecified atom stereocenters. The van der Waals surface area contributed by atoms with E-state index in [1.807, 2.05) is 13.8 Å². The summed E-state index contributed by atoms with van der Waals surface area (Å²) >= 11 is 15.7. The van der Waals surface area contributed by atoms with Crippen molar-refractivity contribution in [3.05, 3.63) is 44.1 Å². The number of rotatable bonds is 4. The van der Waals surface area contributed by atoms with Crippen LogP contribution in [0.3, 0.4) is 0 Å². The first kappa shape index (κ1) is 17.9. The highest BCUT2D eigenvalue weighted by Gasteiger charge is 2.16. The van der Waals surface area contributed by atoms with E-state index in [1.54, 1.807) is 11.7 Å². The summed E-state index contributed by atoms with van der Waals surface area (Å²) in [5.74, 6) is 0.126. The number of ether oxygens (including phenoxy) is 1. The summed E-state index contributed by atoms with van der Waals surface area (Å²) in [5.41, 5.74) is 2.84. The van der Waals surface area contributed by atoms with Crippen molar-refractivity contribution in [3.63, 3.8) is 0 Å². The molecular formula is C14H13BrCl2N4O2. The normalized spacial score (nSPS) is 10.7. The predicted molar refractivity (Wildman–Crippen MR) is 92.1 cm³/mol. The van der Waals surface area contributed by atoms with Crippen molar-refractivity contribution in [3.8, 4) is 11.8 Å². The molecule has 0 aliphatic rings. The molecule has 0 spiro atoms. The van der Waals surface area contributed by atoms with E-state index in [9.17, 15) is 0 Å². The first-order valence-electron chi connectivity index (χ1n) is 6.51. The van der Waals surface area contributed by atoms with E-state index in [4.69, 9.17) is 38.6 Å². The molecule has 23 heavy (non-hydrogen) atoms. The Kier molecular flexibility index (Phi) is 5.80. The van der Waals surface area contributed by atoms with Crippen LogP contribution in [0.4, 0.5) is 0 Å². The first-order chi connectivity index (χ1) is 10.8. The van der Waals surface area contributed by atoms with Crippen LogP contribution in [-0.4, -0.2) is 21.0 Å². The van der Waals surface area contributed by atoms with Gasteiger partial charge in [-0.3, -0.25) is 16.1 Å². The molecule has 0 radical (unpaired) electrons. The first-order valence-corrected chi connectivity index (χ1v) is 8.06. The molecule has 9 heteroatoms. The monoisotopic (exact) mass is 418 g/mol. The number of hydroxylamine groups is 1. The van der Waals surface area contributed by atoms with Crippen LogP contribution in [-0.2, 0) is 0 Å². The van der Waals surface area contributed by atoms with Crippen molar-refractivity contribution < 1.29 is 9.94 Å². The summed E-state index contributed by atoms with van der Waals surface area (Å²) in [6.07, 6.45) is 1.60.